The van der Waals surface area contributed by atoms with Gasteiger partial charge in [-0.25, -0.2) is 4.98 Å². The topological polar surface area (TPSA) is 70.3 Å². The Morgan fingerprint density at radius 1 is 1.05 bits per heavy atom. The van der Waals surface area contributed by atoms with Gasteiger partial charge in [0.05, 0.1) is 6.33 Å². The minimum absolute atomic E-state index is 0.110. The molecule has 3 rings (SSSR count). The number of benzene rings is 2. The van der Waals surface area contributed by atoms with Gasteiger partial charge < -0.3 is 20.1 Å². The molecule has 0 spiro atoms. The second kappa shape index (κ2) is 5.58. The highest BCUT2D eigenvalue weighted by atomic mass is 16.3. The number of phenols is 2. The van der Waals surface area contributed by atoms with Crippen LogP contribution < -0.4 is 5.32 Å². The molecule has 2 aromatic carbocycles. The van der Waals surface area contributed by atoms with Crippen LogP contribution in [-0.4, -0.2) is 19.8 Å². The average molecular weight is 281 g/mol. The van der Waals surface area contributed by atoms with Gasteiger partial charge in [0, 0.05) is 30.3 Å². The minimum Gasteiger partial charge on any atom is -0.504 e. The van der Waals surface area contributed by atoms with Crippen LogP contribution in [0, 0.1) is 0 Å². The first-order valence-electron chi connectivity index (χ1n) is 6.55. The number of nitrogens with one attached hydrogen (secondary N) is 1. The first kappa shape index (κ1) is 13.1. The number of rotatable bonds is 4. The normalized spacial score (nSPS) is 10.5. The average Bonchev–Trinajstić information content (AvgIpc) is 3.03. The molecule has 0 saturated heterocycles. The van der Waals surface area contributed by atoms with Crippen molar-refractivity contribution in [2.45, 2.75) is 6.54 Å². The summed E-state index contributed by atoms with van der Waals surface area (Å²) in [6, 6.07) is 12.7. The molecule has 0 unspecified atom stereocenters. The molecule has 3 aromatic rings. The third kappa shape index (κ3) is 2.97. The highest BCUT2D eigenvalue weighted by Crippen LogP contribution is 2.25. The standard InChI is InChI=1S/C16H15N3O2/c20-15-5-4-12(8-16(15)21)10-18-13-2-1-3-14(9-13)19-7-6-17-11-19/h1-9,11,18,20-21H,10H2. The van der Waals surface area contributed by atoms with Crippen LogP contribution in [0.5, 0.6) is 11.5 Å². The molecule has 0 amide bonds. The van der Waals surface area contributed by atoms with E-state index in [2.05, 4.69) is 10.3 Å². The summed E-state index contributed by atoms with van der Waals surface area (Å²) in [6.45, 7) is 0.557. The largest absolute Gasteiger partial charge is 0.504 e. The number of imidazole rings is 1. The Labute approximate surface area is 122 Å². The predicted octanol–water partition coefficient (Wildman–Crippen LogP) is 2.90. The quantitative estimate of drug-likeness (QED) is 0.643. The summed E-state index contributed by atoms with van der Waals surface area (Å²) < 4.78 is 1.93. The Bertz CT molecular complexity index is 739. The van der Waals surface area contributed by atoms with Crippen LogP contribution >= 0.6 is 0 Å². The van der Waals surface area contributed by atoms with E-state index >= 15 is 0 Å². The molecule has 0 radical (unpaired) electrons. The van der Waals surface area contributed by atoms with Crippen molar-refractivity contribution < 1.29 is 10.2 Å². The molecule has 0 saturated carbocycles. The maximum Gasteiger partial charge on any atom is 0.157 e. The third-order valence-corrected chi connectivity index (χ3v) is 3.19. The maximum absolute atomic E-state index is 9.48. The zero-order valence-electron chi connectivity index (χ0n) is 11.3. The van der Waals surface area contributed by atoms with Crippen molar-refractivity contribution in [3.05, 3.63) is 66.7 Å². The molecule has 0 aliphatic carbocycles. The molecule has 5 heteroatoms. The van der Waals surface area contributed by atoms with Crippen LogP contribution in [0.1, 0.15) is 5.56 Å². The van der Waals surface area contributed by atoms with E-state index in [-0.39, 0.29) is 11.5 Å². The van der Waals surface area contributed by atoms with E-state index in [1.165, 1.54) is 6.07 Å². The van der Waals surface area contributed by atoms with E-state index in [4.69, 9.17) is 0 Å². The molecule has 0 aliphatic rings. The summed E-state index contributed by atoms with van der Waals surface area (Å²) in [5, 5.41) is 22.1. The van der Waals surface area contributed by atoms with Crippen LogP contribution in [0.4, 0.5) is 5.69 Å². The predicted molar refractivity (Wildman–Crippen MR) is 80.7 cm³/mol. The maximum atomic E-state index is 9.48. The highest BCUT2D eigenvalue weighted by molar-refractivity contribution is 5.52. The molecular weight excluding hydrogens is 266 g/mol. The molecule has 1 heterocycles. The molecule has 0 aliphatic heterocycles. The van der Waals surface area contributed by atoms with Crippen LogP contribution in [-0.2, 0) is 6.54 Å². The van der Waals surface area contributed by atoms with E-state index in [9.17, 15) is 10.2 Å². The number of hydrogen-bond donors (Lipinski definition) is 3. The number of phenolic OH excluding ortho intramolecular Hbond substituents is 2. The molecule has 3 N–H and O–H groups in total. The fourth-order valence-corrected chi connectivity index (χ4v) is 2.07. The number of anilines is 1. The van der Waals surface area contributed by atoms with Gasteiger partial charge in [-0.2, -0.15) is 0 Å². The Balaban J connectivity index is 1.73. The number of aromatic nitrogens is 2. The van der Waals surface area contributed by atoms with Gasteiger partial charge in [0.25, 0.3) is 0 Å². The van der Waals surface area contributed by atoms with Crippen LogP contribution in [0.15, 0.2) is 61.2 Å². The van der Waals surface area contributed by atoms with Gasteiger partial charge in [0.2, 0.25) is 0 Å². The summed E-state index contributed by atoms with van der Waals surface area (Å²) in [5.41, 5.74) is 2.87. The van der Waals surface area contributed by atoms with Crippen molar-refractivity contribution in [2.24, 2.45) is 0 Å². The highest BCUT2D eigenvalue weighted by Gasteiger charge is 2.02. The zero-order chi connectivity index (χ0) is 14.7. The van der Waals surface area contributed by atoms with Gasteiger partial charge in [-0.1, -0.05) is 12.1 Å². The van der Waals surface area contributed by atoms with Crippen LogP contribution in [0.3, 0.4) is 0 Å². The summed E-state index contributed by atoms with van der Waals surface area (Å²) in [5.74, 6) is -0.220. The molecule has 21 heavy (non-hydrogen) atoms. The van der Waals surface area contributed by atoms with Gasteiger partial charge in [0.15, 0.2) is 11.5 Å². The summed E-state index contributed by atoms with van der Waals surface area (Å²) in [6.07, 6.45) is 5.37. The lowest BCUT2D eigenvalue weighted by molar-refractivity contribution is 0.403. The number of nitrogens with zero attached hydrogens (tertiary/aromatic N) is 2. The van der Waals surface area contributed by atoms with E-state index in [0.29, 0.717) is 6.54 Å². The van der Waals surface area contributed by atoms with Gasteiger partial charge in [-0.15, -0.1) is 0 Å². The minimum atomic E-state index is -0.110. The molecule has 5 nitrogen and oxygen atoms in total. The van der Waals surface area contributed by atoms with E-state index in [1.807, 2.05) is 35.0 Å². The Hall–Kier alpha value is -2.95. The smallest absolute Gasteiger partial charge is 0.157 e. The molecule has 106 valence electrons. The second-order valence-corrected chi connectivity index (χ2v) is 4.70. The molecule has 1 aromatic heterocycles. The van der Waals surface area contributed by atoms with Gasteiger partial charge in [-0.3, -0.25) is 0 Å². The number of hydrogen-bond acceptors (Lipinski definition) is 4. The molecular formula is C16H15N3O2. The first-order chi connectivity index (χ1) is 10.2. The lowest BCUT2D eigenvalue weighted by atomic mass is 10.2. The van der Waals surface area contributed by atoms with Crippen molar-refractivity contribution in [2.75, 3.05) is 5.32 Å². The zero-order valence-corrected chi connectivity index (χ0v) is 11.3. The Morgan fingerprint density at radius 2 is 1.95 bits per heavy atom. The molecule has 0 fully saturated rings. The Morgan fingerprint density at radius 3 is 2.71 bits per heavy atom. The fraction of sp³-hybridized carbons (Fsp3) is 0.0625. The fourth-order valence-electron chi connectivity index (χ4n) is 2.07. The second-order valence-electron chi connectivity index (χ2n) is 4.70. The van der Waals surface area contributed by atoms with Crippen molar-refractivity contribution in [1.29, 1.82) is 0 Å². The van der Waals surface area contributed by atoms with Gasteiger partial charge >= 0.3 is 0 Å². The summed E-state index contributed by atoms with van der Waals surface area (Å²) in [7, 11) is 0. The monoisotopic (exact) mass is 281 g/mol. The van der Waals surface area contributed by atoms with Crippen molar-refractivity contribution >= 4 is 5.69 Å². The summed E-state index contributed by atoms with van der Waals surface area (Å²) >= 11 is 0. The SMILES string of the molecule is Oc1ccc(CNc2cccc(-n3ccnc3)c2)cc1O. The van der Waals surface area contributed by atoms with E-state index in [0.717, 1.165) is 16.9 Å². The lowest BCUT2D eigenvalue weighted by Crippen LogP contribution is -2.00. The van der Waals surface area contributed by atoms with Gasteiger partial charge in [0.1, 0.15) is 0 Å². The van der Waals surface area contributed by atoms with E-state index < -0.39 is 0 Å². The van der Waals surface area contributed by atoms with Gasteiger partial charge in [-0.05, 0) is 35.9 Å². The lowest BCUT2D eigenvalue weighted by Gasteiger charge is -2.09. The van der Waals surface area contributed by atoms with Crippen molar-refractivity contribution in [1.82, 2.24) is 9.55 Å². The van der Waals surface area contributed by atoms with Crippen LogP contribution in [0.25, 0.3) is 5.69 Å². The molecule has 0 bridgehead atoms. The van der Waals surface area contributed by atoms with Crippen molar-refractivity contribution in [3.63, 3.8) is 0 Å². The molecule has 0 atom stereocenters. The summed E-state index contributed by atoms with van der Waals surface area (Å²) in [4.78, 5) is 4.03. The van der Waals surface area contributed by atoms with Crippen molar-refractivity contribution in [3.8, 4) is 17.2 Å². The number of aromatic hydroxyl groups is 2. The first-order valence-corrected chi connectivity index (χ1v) is 6.55. The Kier molecular flexibility index (Phi) is 3.47. The van der Waals surface area contributed by atoms with Crippen LogP contribution in [0.2, 0.25) is 0 Å². The van der Waals surface area contributed by atoms with E-state index in [1.54, 1.807) is 24.7 Å². The third-order valence-electron chi connectivity index (χ3n) is 3.19.